The number of rotatable bonds is 5. The smallest absolute Gasteiger partial charge is 0.243 e. The lowest BCUT2D eigenvalue weighted by Crippen LogP contribution is -2.40. The van der Waals surface area contributed by atoms with Gasteiger partial charge in [-0.2, -0.15) is 0 Å². The number of guanidine groups is 1. The summed E-state index contributed by atoms with van der Waals surface area (Å²) in [5.41, 5.74) is 1.79. The van der Waals surface area contributed by atoms with Crippen LogP contribution >= 0.6 is 0 Å². The summed E-state index contributed by atoms with van der Waals surface area (Å²) in [6.45, 7) is 0.701. The molecule has 0 radical (unpaired) electrons. The molecule has 120 valence electrons. The number of hydrogen-bond acceptors (Lipinski definition) is 3. The van der Waals surface area contributed by atoms with Gasteiger partial charge in [-0.15, -0.1) is 0 Å². The van der Waals surface area contributed by atoms with E-state index in [0.717, 1.165) is 5.56 Å². The molecule has 2 N–H and O–H groups in total. The Morgan fingerprint density at radius 3 is 2.61 bits per heavy atom. The number of aliphatic imine (C=N–C) groups is 1. The molecule has 0 saturated heterocycles. The Morgan fingerprint density at radius 2 is 1.96 bits per heavy atom. The monoisotopic (exact) mass is 311 g/mol. The summed E-state index contributed by atoms with van der Waals surface area (Å²) in [4.78, 5) is 22.3. The van der Waals surface area contributed by atoms with Gasteiger partial charge in [-0.05, 0) is 17.7 Å². The van der Waals surface area contributed by atoms with Crippen LogP contribution in [-0.2, 0) is 11.3 Å². The Labute approximate surface area is 136 Å². The minimum absolute atomic E-state index is 0.140. The molecule has 1 heterocycles. The van der Waals surface area contributed by atoms with Gasteiger partial charge in [-0.3, -0.25) is 9.78 Å². The van der Waals surface area contributed by atoms with Crippen molar-refractivity contribution in [3.05, 3.63) is 60.4 Å². The van der Waals surface area contributed by atoms with E-state index in [2.05, 4.69) is 20.6 Å². The summed E-state index contributed by atoms with van der Waals surface area (Å²) in [5, 5.41) is 5.83. The number of hydrogen-bond donors (Lipinski definition) is 2. The molecule has 2 aromatic rings. The summed E-state index contributed by atoms with van der Waals surface area (Å²) in [6, 6.07) is 13.5. The number of anilines is 1. The third kappa shape index (κ3) is 5.78. The Hall–Kier alpha value is -2.89. The molecule has 0 aliphatic heterocycles. The summed E-state index contributed by atoms with van der Waals surface area (Å²) in [7, 11) is 3.77. The number of nitrogens with zero attached hydrogens (tertiary/aromatic N) is 3. The molecule has 0 unspecified atom stereocenters. The quantitative estimate of drug-likeness (QED) is 0.652. The van der Waals surface area contributed by atoms with Crippen molar-refractivity contribution in [2.24, 2.45) is 4.99 Å². The lowest BCUT2D eigenvalue weighted by atomic mass is 10.2. The lowest BCUT2D eigenvalue weighted by Gasteiger charge is -2.17. The molecule has 0 atom stereocenters. The Bertz CT molecular complexity index is 641. The second-order valence-electron chi connectivity index (χ2n) is 5.16. The molecule has 0 bridgehead atoms. The highest BCUT2D eigenvalue weighted by Gasteiger charge is 2.06. The second-order valence-corrected chi connectivity index (χ2v) is 5.16. The fourth-order valence-electron chi connectivity index (χ4n) is 1.91. The minimum atomic E-state index is -0.146. The molecular formula is C17H21N5O. The standard InChI is InChI=1S/C17H21N5O/c1-22(2)17(19-11-14-7-4-3-5-8-14)20-13-16(23)21-15-9-6-10-18-12-15/h3-10,12H,11,13H2,1-2H3,(H,19,20)(H,21,23). The van der Waals surface area contributed by atoms with Crippen LogP contribution in [0, 0.1) is 0 Å². The van der Waals surface area contributed by atoms with Crippen LogP contribution in [-0.4, -0.2) is 42.4 Å². The average molecular weight is 311 g/mol. The Kier molecular flexibility index (Phi) is 6.11. The van der Waals surface area contributed by atoms with E-state index in [9.17, 15) is 4.79 Å². The number of carbonyl (C=O) groups excluding carboxylic acids is 1. The van der Waals surface area contributed by atoms with Crippen LogP contribution in [0.15, 0.2) is 59.9 Å². The molecule has 6 heteroatoms. The Morgan fingerprint density at radius 1 is 1.17 bits per heavy atom. The second kappa shape index (κ2) is 8.53. The van der Waals surface area contributed by atoms with Gasteiger partial charge in [0.15, 0.2) is 5.96 Å². The van der Waals surface area contributed by atoms with Gasteiger partial charge in [-0.25, -0.2) is 4.99 Å². The molecule has 0 fully saturated rings. The minimum Gasteiger partial charge on any atom is -0.349 e. The van der Waals surface area contributed by atoms with E-state index in [1.807, 2.05) is 49.3 Å². The molecule has 1 aromatic carbocycles. The number of nitrogens with one attached hydrogen (secondary N) is 2. The van der Waals surface area contributed by atoms with E-state index in [0.29, 0.717) is 18.2 Å². The molecule has 2 rings (SSSR count). The lowest BCUT2D eigenvalue weighted by molar-refractivity contribution is -0.115. The van der Waals surface area contributed by atoms with Crippen molar-refractivity contribution in [2.75, 3.05) is 26.0 Å². The summed E-state index contributed by atoms with van der Waals surface area (Å²) in [5.74, 6) is 0.516. The normalized spacial score (nSPS) is 11.0. The average Bonchev–Trinajstić information content (AvgIpc) is 2.56. The molecule has 1 amide bonds. The molecule has 0 saturated carbocycles. The van der Waals surface area contributed by atoms with Crippen LogP contribution in [0.3, 0.4) is 0 Å². The zero-order valence-corrected chi connectivity index (χ0v) is 13.4. The number of aromatic nitrogens is 1. The highest BCUT2D eigenvalue weighted by molar-refractivity contribution is 5.94. The van der Waals surface area contributed by atoms with Gasteiger partial charge in [0.2, 0.25) is 5.91 Å². The third-order valence-corrected chi connectivity index (χ3v) is 3.03. The highest BCUT2D eigenvalue weighted by Crippen LogP contribution is 2.02. The first-order valence-electron chi connectivity index (χ1n) is 7.34. The molecule has 23 heavy (non-hydrogen) atoms. The molecular weight excluding hydrogens is 290 g/mol. The zero-order chi connectivity index (χ0) is 16.5. The summed E-state index contributed by atoms with van der Waals surface area (Å²) >= 11 is 0. The van der Waals surface area contributed by atoms with Crippen LogP contribution < -0.4 is 10.6 Å². The van der Waals surface area contributed by atoms with Gasteiger partial charge >= 0.3 is 0 Å². The summed E-state index contributed by atoms with van der Waals surface area (Å²) < 4.78 is 0. The van der Waals surface area contributed by atoms with Crippen molar-refractivity contribution >= 4 is 17.6 Å². The van der Waals surface area contributed by atoms with Crippen molar-refractivity contribution in [3.8, 4) is 0 Å². The number of amides is 1. The number of benzene rings is 1. The largest absolute Gasteiger partial charge is 0.349 e. The van der Waals surface area contributed by atoms with E-state index in [-0.39, 0.29) is 12.5 Å². The van der Waals surface area contributed by atoms with Gasteiger partial charge in [0.25, 0.3) is 0 Å². The van der Waals surface area contributed by atoms with Gasteiger partial charge in [-0.1, -0.05) is 30.3 Å². The maximum absolute atomic E-state index is 11.9. The molecule has 0 aliphatic rings. The maximum Gasteiger partial charge on any atom is 0.243 e. The van der Waals surface area contributed by atoms with Crippen molar-refractivity contribution < 1.29 is 4.79 Å². The fraction of sp³-hybridized carbons (Fsp3) is 0.235. The topological polar surface area (TPSA) is 69.6 Å². The van der Waals surface area contributed by atoms with E-state index >= 15 is 0 Å². The first kappa shape index (κ1) is 16.5. The van der Waals surface area contributed by atoms with Crippen molar-refractivity contribution in [1.29, 1.82) is 0 Å². The van der Waals surface area contributed by atoms with Crippen LogP contribution in [0.5, 0.6) is 0 Å². The molecule has 0 aliphatic carbocycles. The molecule has 0 spiro atoms. The zero-order valence-electron chi connectivity index (χ0n) is 13.4. The SMILES string of the molecule is CN(C)C(=NCc1ccccc1)NCC(=O)Nc1cccnc1. The van der Waals surface area contributed by atoms with Gasteiger partial charge < -0.3 is 15.5 Å². The highest BCUT2D eigenvalue weighted by atomic mass is 16.1. The van der Waals surface area contributed by atoms with Gasteiger partial charge in [0.1, 0.15) is 0 Å². The molecule has 6 nitrogen and oxygen atoms in total. The fourth-order valence-corrected chi connectivity index (χ4v) is 1.91. The first-order valence-corrected chi connectivity index (χ1v) is 7.34. The predicted molar refractivity (Wildman–Crippen MR) is 92.1 cm³/mol. The van der Waals surface area contributed by atoms with E-state index in [4.69, 9.17) is 0 Å². The maximum atomic E-state index is 11.9. The van der Waals surface area contributed by atoms with Gasteiger partial charge in [0, 0.05) is 20.3 Å². The third-order valence-electron chi connectivity index (χ3n) is 3.03. The van der Waals surface area contributed by atoms with Crippen LogP contribution in [0.4, 0.5) is 5.69 Å². The van der Waals surface area contributed by atoms with Crippen LogP contribution in [0.25, 0.3) is 0 Å². The van der Waals surface area contributed by atoms with Crippen LogP contribution in [0.2, 0.25) is 0 Å². The van der Waals surface area contributed by atoms with Gasteiger partial charge in [0.05, 0.1) is 25.0 Å². The van der Waals surface area contributed by atoms with Crippen LogP contribution in [0.1, 0.15) is 5.56 Å². The molecule has 1 aromatic heterocycles. The van der Waals surface area contributed by atoms with Crippen molar-refractivity contribution in [2.45, 2.75) is 6.54 Å². The predicted octanol–water partition coefficient (Wildman–Crippen LogP) is 1.73. The van der Waals surface area contributed by atoms with Crippen molar-refractivity contribution in [3.63, 3.8) is 0 Å². The van der Waals surface area contributed by atoms with E-state index in [1.165, 1.54) is 0 Å². The first-order chi connectivity index (χ1) is 11.1. The van der Waals surface area contributed by atoms with Crippen molar-refractivity contribution in [1.82, 2.24) is 15.2 Å². The number of pyridine rings is 1. The summed E-state index contributed by atoms with van der Waals surface area (Å²) in [6.07, 6.45) is 3.27. The Balaban J connectivity index is 1.88. The number of carbonyl (C=O) groups is 1. The van der Waals surface area contributed by atoms with E-state index < -0.39 is 0 Å². The van der Waals surface area contributed by atoms with E-state index in [1.54, 1.807) is 24.5 Å².